The number of rotatable bonds is 4. The molecule has 0 amide bonds. The zero-order valence-corrected chi connectivity index (χ0v) is 15.3. The minimum absolute atomic E-state index is 0.110. The van der Waals surface area contributed by atoms with Crippen molar-refractivity contribution in [3.63, 3.8) is 0 Å². The van der Waals surface area contributed by atoms with Crippen molar-refractivity contribution < 1.29 is 22.1 Å². The molecule has 0 saturated carbocycles. The monoisotopic (exact) mass is 377 g/mol. The Labute approximate surface area is 152 Å². The van der Waals surface area contributed by atoms with Crippen LogP contribution in [0.15, 0.2) is 41.6 Å². The third-order valence-electron chi connectivity index (χ3n) is 4.55. The molecule has 2 aliphatic rings. The summed E-state index contributed by atoms with van der Waals surface area (Å²) < 4.78 is 37.2. The van der Waals surface area contributed by atoms with E-state index < -0.39 is 16.3 Å². The van der Waals surface area contributed by atoms with Crippen LogP contribution in [0, 0.1) is 0 Å². The maximum absolute atomic E-state index is 12.3. The average molecular weight is 377 g/mol. The lowest BCUT2D eigenvalue weighted by molar-refractivity contribution is -0.668. The molecule has 0 aliphatic carbocycles. The van der Waals surface area contributed by atoms with E-state index in [1.54, 1.807) is 24.0 Å². The van der Waals surface area contributed by atoms with E-state index in [1.165, 1.54) is 5.06 Å². The van der Waals surface area contributed by atoms with Gasteiger partial charge in [0.1, 0.15) is 12.4 Å². The summed E-state index contributed by atoms with van der Waals surface area (Å²) in [6.45, 7) is 4.09. The Kier molecular flexibility index (Phi) is 4.62. The molecule has 1 atom stereocenters. The van der Waals surface area contributed by atoms with Crippen molar-refractivity contribution >= 4 is 32.9 Å². The smallest absolute Gasteiger partial charge is 0.343 e. The van der Waals surface area contributed by atoms with Crippen molar-refractivity contribution in [1.82, 2.24) is 4.90 Å². The zero-order valence-electron chi connectivity index (χ0n) is 14.5. The van der Waals surface area contributed by atoms with Crippen LogP contribution >= 0.6 is 0 Å². The molecule has 4 rings (SSSR count). The minimum atomic E-state index is -3.71. The molecule has 0 radical (unpaired) electrons. The van der Waals surface area contributed by atoms with Gasteiger partial charge in [0.25, 0.3) is 0 Å². The molecular weight excluding hydrogens is 356 g/mol. The molecule has 2 aliphatic heterocycles. The van der Waals surface area contributed by atoms with Crippen LogP contribution in [0.2, 0.25) is 0 Å². The first-order valence-corrected chi connectivity index (χ1v) is 10.2. The number of pyridine rings is 1. The Morgan fingerprint density at radius 1 is 1.27 bits per heavy atom. The molecule has 0 bridgehead atoms. The molecule has 8 nitrogen and oxygen atoms in total. The van der Waals surface area contributed by atoms with E-state index in [1.807, 2.05) is 30.3 Å². The number of anilines is 1. The van der Waals surface area contributed by atoms with Gasteiger partial charge in [0.2, 0.25) is 6.17 Å². The molecule has 1 aromatic heterocycles. The lowest BCUT2D eigenvalue weighted by Crippen LogP contribution is -2.59. The topological polar surface area (TPSA) is 75.3 Å². The molecule has 0 N–H and O–H groups in total. The maximum Gasteiger partial charge on any atom is 0.343 e. The van der Waals surface area contributed by atoms with Gasteiger partial charge in [-0.1, -0.05) is 32.6 Å². The SMILES string of the molecule is CCS(=O)(=O)ON1c2c3ccccc3cc[n+]2N=CC1N1CCOCC1. The second-order valence-electron chi connectivity index (χ2n) is 6.14. The Morgan fingerprint density at radius 2 is 2.04 bits per heavy atom. The van der Waals surface area contributed by atoms with Gasteiger partial charge in [-0.15, -0.1) is 4.68 Å². The Balaban J connectivity index is 1.85. The number of nitrogens with zero attached hydrogens (tertiary/aromatic N) is 4. The molecule has 1 aromatic carbocycles. The van der Waals surface area contributed by atoms with Gasteiger partial charge in [-0.2, -0.15) is 8.42 Å². The summed E-state index contributed by atoms with van der Waals surface area (Å²) in [7, 11) is -3.71. The fourth-order valence-electron chi connectivity index (χ4n) is 3.16. The highest BCUT2D eigenvalue weighted by Crippen LogP contribution is 2.28. The molecule has 9 heteroatoms. The van der Waals surface area contributed by atoms with Crippen LogP contribution in [0.3, 0.4) is 0 Å². The van der Waals surface area contributed by atoms with Gasteiger partial charge in [-0.25, -0.2) is 0 Å². The summed E-state index contributed by atoms with van der Waals surface area (Å²) >= 11 is 0. The third-order valence-corrected chi connectivity index (χ3v) is 5.65. The van der Waals surface area contributed by atoms with Gasteiger partial charge in [-0.05, 0) is 24.4 Å². The Morgan fingerprint density at radius 3 is 2.81 bits per heavy atom. The molecule has 1 saturated heterocycles. The summed E-state index contributed by atoms with van der Waals surface area (Å²) in [5.41, 5.74) is 0. The number of morpholine rings is 1. The molecule has 2 aromatic rings. The molecule has 1 fully saturated rings. The van der Waals surface area contributed by atoms with Gasteiger partial charge in [0.15, 0.2) is 0 Å². The quantitative estimate of drug-likeness (QED) is 0.731. The lowest BCUT2D eigenvalue weighted by Gasteiger charge is -2.34. The molecule has 26 heavy (non-hydrogen) atoms. The van der Waals surface area contributed by atoms with Gasteiger partial charge in [-0.3, -0.25) is 4.90 Å². The van der Waals surface area contributed by atoms with Crippen molar-refractivity contribution in [2.75, 3.05) is 37.1 Å². The molecule has 1 unspecified atom stereocenters. The van der Waals surface area contributed by atoms with Crippen molar-refractivity contribution in [3.05, 3.63) is 36.5 Å². The highest BCUT2D eigenvalue weighted by atomic mass is 32.2. The first-order valence-electron chi connectivity index (χ1n) is 8.60. The number of fused-ring (bicyclic) bond motifs is 3. The number of ether oxygens (including phenoxy) is 1. The Hall–Kier alpha value is -2.07. The number of hydrogen-bond donors (Lipinski definition) is 0. The van der Waals surface area contributed by atoms with Crippen LogP contribution in [-0.4, -0.2) is 57.8 Å². The Bertz CT molecular complexity index is 941. The summed E-state index contributed by atoms with van der Waals surface area (Å²) in [5, 5.41) is 7.81. The number of benzene rings is 1. The highest BCUT2D eigenvalue weighted by Gasteiger charge is 2.42. The van der Waals surface area contributed by atoms with Crippen LogP contribution in [0.1, 0.15) is 6.92 Å². The van der Waals surface area contributed by atoms with E-state index in [-0.39, 0.29) is 5.75 Å². The molecule has 0 spiro atoms. The predicted molar refractivity (Wildman–Crippen MR) is 97.2 cm³/mol. The second-order valence-corrected chi connectivity index (χ2v) is 7.99. The number of hydrogen-bond acceptors (Lipinski definition) is 7. The summed E-state index contributed by atoms with van der Waals surface area (Å²) in [5.74, 6) is 0.487. The zero-order chi connectivity index (χ0) is 18.1. The van der Waals surface area contributed by atoms with E-state index in [9.17, 15) is 8.42 Å². The fourth-order valence-corrected chi connectivity index (χ4v) is 3.67. The van der Waals surface area contributed by atoms with E-state index in [4.69, 9.17) is 9.02 Å². The van der Waals surface area contributed by atoms with Gasteiger partial charge in [0, 0.05) is 13.1 Å². The fraction of sp³-hybridized carbons (Fsp3) is 0.412. The first-order chi connectivity index (χ1) is 12.6. The van der Waals surface area contributed by atoms with Crippen molar-refractivity contribution in [3.8, 4) is 0 Å². The molecular formula is C17H21N4O4S+. The third kappa shape index (κ3) is 3.18. The van der Waals surface area contributed by atoms with Crippen LogP contribution in [0.5, 0.6) is 0 Å². The highest BCUT2D eigenvalue weighted by molar-refractivity contribution is 7.86. The maximum atomic E-state index is 12.3. The van der Waals surface area contributed by atoms with E-state index in [0.717, 1.165) is 10.8 Å². The summed E-state index contributed by atoms with van der Waals surface area (Å²) in [6, 6.07) is 9.71. The van der Waals surface area contributed by atoms with Gasteiger partial charge < -0.3 is 4.74 Å². The van der Waals surface area contributed by atoms with Crippen LogP contribution < -0.4 is 9.74 Å². The van der Waals surface area contributed by atoms with E-state index in [0.29, 0.717) is 32.1 Å². The first kappa shape index (κ1) is 17.3. The lowest BCUT2D eigenvalue weighted by atomic mass is 10.1. The van der Waals surface area contributed by atoms with Crippen molar-refractivity contribution in [2.45, 2.75) is 13.1 Å². The second kappa shape index (κ2) is 6.92. The number of hydroxylamine groups is 1. The molecule has 138 valence electrons. The summed E-state index contributed by atoms with van der Waals surface area (Å²) in [6.07, 6.45) is 3.09. The minimum Gasteiger partial charge on any atom is -0.379 e. The normalized spacial score (nSPS) is 21.1. The van der Waals surface area contributed by atoms with Gasteiger partial charge >= 0.3 is 15.9 Å². The van der Waals surface area contributed by atoms with Crippen LogP contribution in [0.4, 0.5) is 5.82 Å². The standard InChI is InChI=1S/C17H21N4O4S/c1-2-26(22,23)25-21-16(19-9-11-24-12-10-19)13-18-20-8-7-14-5-3-4-6-15(14)17(20)21/h3-8,13,16H,2,9-12H2,1H3/q+1. The van der Waals surface area contributed by atoms with Crippen LogP contribution in [0.25, 0.3) is 10.8 Å². The largest absolute Gasteiger partial charge is 0.379 e. The number of aromatic nitrogens is 1. The predicted octanol–water partition coefficient (Wildman–Crippen LogP) is 0.721. The van der Waals surface area contributed by atoms with Crippen molar-refractivity contribution in [2.24, 2.45) is 5.10 Å². The van der Waals surface area contributed by atoms with Crippen LogP contribution in [-0.2, 0) is 19.1 Å². The summed E-state index contributed by atoms with van der Waals surface area (Å²) in [4.78, 5) is 2.10. The molecule has 3 heterocycles. The van der Waals surface area contributed by atoms with Gasteiger partial charge in [0.05, 0.1) is 24.4 Å². The van der Waals surface area contributed by atoms with E-state index >= 15 is 0 Å². The van der Waals surface area contributed by atoms with Crippen molar-refractivity contribution in [1.29, 1.82) is 0 Å². The average Bonchev–Trinajstić information content (AvgIpc) is 2.68. The van der Waals surface area contributed by atoms with E-state index in [2.05, 4.69) is 10.0 Å².